The maximum atomic E-state index is 14.7. The molecule has 15 heteroatoms. The van der Waals surface area contributed by atoms with Crippen LogP contribution in [-0.2, 0) is 52.0 Å². The number of piperidine rings is 1. The van der Waals surface area contributed by atoms with Crippen LogP contribution < -0.4 is 0 Å². The molecule has 1 amide bonds. The number of ether oxygens (including phenoxy) is 4. The fourth-order valence-corrected chi connectivity index (χ4v) is 11.2. The molecule has 1 unspecified atom stereocenters. The Hall–Kier alpha value is -3.10. The first-order valence-corrected chi connectivity index (χ1v) is 27.3. The number of Topliss-reactive ketones (excluding diaryl/α,β-unsaturated/α-hetero) is 3. The highest BCUT2D eigenvalue weighted by Gasteiger charge is 2.51. The van der Waals surface area contributed by atoms with Crippen LogP contribution in [0, 0.1) is 47.3 Å². The molecule has 3 fully saturated rings. The Morgan fingerprint density at radius 2 is 1.69 bits per heavy atom. The van der Waals surface area contributed by atoms with Gasteiger partial charge in [-0.15, -0.1) is 0 Å². The number of rotatable bonds is 8. The molecule has 16 atom stereocenters. The Morgan fingerprint density at radius 1 is 0.957 bits per heavy atom. The molecule has 1 saturated heterocycles. The topological polar surface area (TPSA) is 192 Å². The van der Waals surface area contributed by atoms with Crippen molar-refractivity contribution in [3.8, 4) is 0 Å². The number of aliphatic hydroxyl groups excluding tert-OH is 1. The third-order valence-electron chi connectivity index (χ3n) is 15.1. The minimum atomic E-state index is -3.05. The standard InChI is InChI=1S/C55H88NO13P/c1-33-19-15-14-16-20-34(2)46(65-9)30-42-23-22-38(6)55(63,32-42)52(60)53(61)56-26-18-17-21-43(56)54(62)68-47(36(4)28-41-24-25-45(48(29-41)66-10)69-70(12,13)64)31-44(57)35(3)27-37(5)49(58)51(67-11)50(59)40(8)39(33)7/h14-16,19-20,27,33,35-36,38-43,45-49,51,58,63H,17-18,21-26,28-32H2,1-13H3/b16-14?,19-15+,34-20?,37-27+/t33-,35-,36-,38-,39?,40-,41+,42+,43+,45-,46+,47+,48-,49-,51-,55+/m1/s1/i3D3,9D3,22D2,33D,39D. The minimum Gasteiger partial charge on any atom is -0.460 e. The molecule has 0 aromatic rings. The van der Waals surface area contributed by atoms with Gasteiger partial charge in [0.05, 0.1) is 22.4 Å². The molecule has 4 aliphatic rings. The Bertz CT molecular complexity index is 2380. The van der Waals surface area contributed by atoms with Crippen molar-refractivity contribution in [1.82, 2.24) is 4.90 Å². The van der Waals surface area contributed by atoms with E-state index in [1.165, 1.54) is 85.4 Å². The number of aliphatic hydroxyl groups is 2. The molecule has 2 bridgehead atoms. The van der Waals surface area contributed by atoms with Gasteiger partial charge in [0, 0.05) is 69.0 Å². The molecular weight excluding hydrogens is 914 g/mol. The normalized spacial score (nSPS) is 43.8. The van der Waals surface area contributed by atoms with Crippen molar-refractivity contribution in [2.45, 2.75) is 181 Å². The minimum absolute atomic E-state index is 0.0112. The van der Waals surface area contributed by atoms with Gasteiger partial charge in [0.1, 0.15) is 35.7 Å². The Labute approximate surface area is 433 Å². The molecule has 0 spiro atoms. The van der Waals surface area contributed by atoms with Crippen molar-refractivity contribution >= 4 is 36.6 Å². The average Bonchev–Trinajstić information content (AvgIpc) is 3.34. The zero-order chi connectivity index (χ0) is 60.9. The average molecular weight is 1010 g/mol. The Kier molecular flexibility index (Phi) is 17.4. The van der Waals surface area contributed by atoms with Crippen LogP contribution in [0.3, 0.4) is 0 Å². The first-order chi connectivity index (χ1) is 36.6. The maximum Gasteiger partial charge on any atom is 0.329 e. The van der Waals surface area contributed by atoms with E-state index in [0.29, 0.717) is 44.1 Å². The predicted octanol–water partition coefficient (Wildman–Crippen LogP) is 8.65. The summed E-state index contributed by atoms with van der Waals surface area (Å²) >= 11 is 0. The van der Waals surface area contributed by atoms with E-state index >= 15 is 0 Å². The second-order valence-corrected chi connectivity index (χ2v) is 23.4. The van der Waals surface area contributed by atoms with Gasteiger partial charge < -0.3 is 38.6 Å². The number of carbonyl (C=O) groups excluding carboxylic acids is 5. The quantitative estimate of drug-likeness (QED) is 0.102. The van der Waals surface area contributed by atoms with Crippen molar-refractivity contribution in [3.63, 3.8) is 0 Å². The summed E-state index contributed by atoms with van der Waals surface area (Å²) in [5, 5.41) is 24.1. The monoisotopic (exact) mass is 1010 g/mol. The molecule has 2 aliphatic heterocycles. The van der Waals surface area contributed by atoms with Gasteiger partial charge >= 0.3 is 5.97 Å². The summed E-state index contributed by atoms with van der Waals surface area (Å²) in [5.41, 5.74) is -2.43. The lowest BCUT2D eigenvalue weighted by Crippen LogP contribution is -2.59. The Balaban J connectivity index is 1.88. The van der Waals surface area contributed by atoms with E-state index in [0.717, 1.165) is 18.1 Å². The van der Waals surface area contributed by atoms with Gasteiger partial charge in [0.2, 0.25) is 0 Å². The summed E-state index contributed by atoms with van der Waals surface area (Å²) in [6.07, 6.45) is -0.0847. The molecular formula is C55H88NO13P. The van der Waals surface area contributed by atoms with Crippen LogP contribution in [0.4, 0.5) is 0 Å². The molecule has 2 saturated carbocycles. The smallest absolute Gasteiger partial charge is 0.329 e. The molecule has 2 heterocycles. The van der Waals surface area contributed by atoms with E-state index in [1.807, 2.05) is 0 Å². The van der Waals surface area contributed by atoms with Gasteiger partial charge in [-0.2, -0.15) is 0 Å². The number of nitrogens with zero attached hydrogens (tertiary/aromatic N) is 1. The largest absolute Gasteiger partial charge is 0.460 e. The van der Waals surface area contributed by atoms with Crippen LogP contribution in [0.2, 0.25) is 0 Å². The first kappa shape index (κ1) is 45.5. The van der Waals surface area contributed by atoms with Crippen molar-refractivity contribution in [3.05, 3.63) is 47.6 Å². The first-order valence-electron chi connectivity index (χ1n) is 29.8. The zero-order valence-electron chi connectivity index (χ0n) is 53.2. The molecule has 70 heavy (non-hydrogen) atoms. The molecule has 396 valence electrons. The van der Waals surface area contributed by atoms with E-state index in [4.69, 9.17) is 34.4 Å². The van der Waals surface area contributed by atoms with Gasteiger partial charge in [0.15, 0.2) is 13.2 Å². The SMILES string of the molecule is [2H]C([2H])([2H])O[C@H]1C[C@@H]2CC([2H])([2H])[C@@H](C)[C@@](O)(C2)C(=O)C(=O)N2CCCC[C@H]2C(=O)O[C@H]([C@H](C)C[C@@H]2CC[C@@H](OP(C)(C)=O)[C@H](OC)C2)CC(=O)[C@H](C([2H])([2H])[2H])/C=C(\C)[C@@H](O)[C@@H](OC)C(=O)[C@H](C)C([2H])(C)[C@]([2H])(C)/C=C/C=CC=C1C. The molecule has 14 nitrogen and oxygen atoms in total. The summed E-state index contributed by atoms with van der Waals surface area (Å²) in [6.45, 7) is 9.90. The molecule has 0 aromatic carbocycles. The number of carbonyl (C=O) groups is 5. The predicted molar refractivity (Wildman–Crippen MR) is 271 cm³/mol. The van der Waals surface area contributed by atoms with Gasteiger partial charge in [-0.25, -0.2) is 4.79 Å². The van der Waals surface area contributed by atoms with E-state index in [2.05, 4.69) is 0 Å². The van der Waals surface area contributed by atoms with Crippen molar-refractivity contribution in [2.24, 2.45) is 47.3 Å². The lowest BCUT2D eigenvalue weighted by molar-refractivity contribution is -0.171. The molecule has 0 radical (unpaired) electrons. The van der Waals surface area contributed by atoms with Gasteiger partial charge in [-0.05, 0) is 131 Å². The lowest BCUT2D eigenvalue weighted by atomic mass is 9.67. The van der Waals surface area contributed by atoms with E-state index in [-0.39, 0.29) is 37.3 Å². The second kappa shape index (κ2) is 26.7. The number of fused-ring (bicyclic) bond motifs is 3. The van der Waals surface area contributed by atoms with Crippen LogP contribution >= 0.6 is 7.37 Å². The number of ketones is 3. The summed E-state index contributed by atoms with van der Waals surface area (Å²) in [6, 6.07) is -1.44. The number of cyclic esters (lactones) is 1. The number of hydrogen-bond acceptors (Lipinski definition) is 13. The van der Waals surface area contributed by atoms with Crippen LogP contribution in [0.25, 0.3) is 0 Å². The second-order valence-electron chi connectivity index (χ2n) is 20.6. The molecule has 2 N–H and O–H groups in total. The summed E-state index contributed by atoms with van der Waals surface area (Å²) in [5.74, 6) is -15.5. The fourth-order valence-electron chi connectivity index (χ4n) is 10.3. The van der Waals surface area contributed by atoms with Crippen LogP contribution in [0.5, 0.6) is 0 Å². The molecule has 2 aliphatic carbocycles. The Morgan fingerprint density at radius 3 is 2.34 bits per heavy atom. The van der Waals surface area contributed by atoms with E-state index < -0.39 is 159 Å². The van der Waals surface area contributed by atoms with E-state index in [9.17, 15) is 41.5 Å². The molecule has 0 aromatic heterocycles. The maximum absolute atomic E-state index is 14.7. The van der Waals surface area contributed by atoms with Crippen molar-refractivity contribution < 1.29 is 75.9 Å². The fraction of sp³-hybridized carbons (Fsp3) is 0.764. The highest BCUT2D eigenvalue weighted by molar-refractivity contribution is 7.57. The van der Waals surface area contributed by atoms with Crippen molar-refractivity contribution in [1.29, 1.82) is 0 Å². The number of allylic oxidation sites excluding steroid dienone is 6. The van der Waals surface area contributed by atoms with Gasteiger partial charge in [-0.1, -0.05) is 77.9 Å². The number of esters is 1. The van der Waals surface area contributed by atoms with Crippen LogP contribution in [-0.4, -0.2) is 134 Å². The van der Waals surface area contributed by atoms with Crippen LogP contribution in [0.15, 0.2) is 47.6 Å². The summed E-state index contributed by atoms with van der Waals surface area (Å²) in [7, 11) is -3.21. The molecule has 4 rings (SSSR count). The number of amides is 1. The highest BCUT2D eigenvalue weighted by Crippen LogP contribution is 2.45. The lowest BCUT2D eigenvalue weighted by Gasteiger charge is -2.43. The van der Waals surface area contributed by atoms with Gasteiger partial charge in [-0.3, -0.25) is 23.7 Å². The van der Waals surface area contributed by atoms with Crippen molar-refractivity contribution in [2.75, 3.05) is 41.1 Å². The van der Waals surface area contributed by atoms with E-state index in [1.54, 1.807) is 13.8 Å². The summed E-state index contributed by atoms with van der Waals surface area (Å²) in [4.78, 5) is 73.9. The van der Waals surface area contributed by atoms with Gasteiger partial charge in [0.25, 0.3) is 11.7 Å². The summed E-state index contributed by atoms with van der Waals surface area (Å²) < 4.78 is 128. The highest BCUT2D eigenvalue weighted by atomic mass is 31.2. The zero-order valence-corrected chi connectivity index (χ0v) is 44.1. The number of methoxy groups -OCH3 is 3. The third kappa shape index (κ3) is 15.7. The van der Waals surface area contributed by atoms with Crippen LogP contribution in [0.1, 0.15) is 146 Å². The number of hydrogen-bond donors (Lipinski definition) is 2. The third-order valence-corrected chi connectivity index (χ3v) is 15.9.